The van der Waals surface area contributed by atoms with E-state index in [4.69, 9.17) is 0 Å². The highest BCUT2D eigenvalue weighted by Gasteiger charge is 2.42. The number of aromatic nitrogens is 2. The fraction of sp³-hybridized carbons (Fsp3) is 0.286. The summed E-state index contributed by atoms with van der Waals surface area (Å²) >= 11 is 0. The second kappa shape index (κ2) is 5.65. The Kier molecular flexibility index (Phi) is 3.80. The first-order valence-corrected chi connectivity index (χ1v) is 6.76. The van der Waals surface area contributed by atoms with E-state index in [2.05, 4.69) is 20.8 Å². The second-order valence-electron chi connectivity index (χ2n) is 5.31. The number of H-pyrrole nitrogens is 1. The monoisotopic (exact) mass is 328 g/mol. The van der Waals surface area contributed by atoms with Crippen LogP contribution in [0.2, 0.25) is 0 Å². The van der Waals surface area contributed by atoms with Crippen molar-refractivity contribution in [1.82, 2.24) is 15.5 Å². The molecule has 1 aromatic heterocycles. The molecule has 1 saturated heterocycles. The van der Waals surface area contributed by atoms with Gasteiger partial charge in [0.1, 0.15) is 11.6 Å². The number of carbonyl (C=O) groups is 1. The van der Waals surface area contributed by atoms with Gasteiger partial charge in [-0.05, 0) is 12.1 Å². The van der Waals surface area contributed by atoms with Crippen molar-refractivity contribution in [3.8, 4) is 11.3 Å². The quantitative estimate of drug-likeness (QED) is 0.757. The van der Waals surface area contributed by atoms with E-state index in [1.807, 2.05) is 0 Å². The van der Waals surface area contributed by atoms with Crippen molar-refractivity contribution in [2.24, 2.45) is 0 Å². The molecule has 5 nitrogen and oxygen atoms in total. The highest BCUT2D eigenvalue weighted by molar-refractivity contribution is 5.94. The molecule has 1 amide bonds. The Labute approximate surface area is 128 Å². The van der Waals surface area contributed by atoms with Gasteiger partial charge in [-0.2, -0.15) is 5.10 Å². The van der Waals surface area contributed by atoms with Gasteiger partial charge in [-0.3, -0.25) is 15.2 Å². The van der Waals surface area contributed by atoms with Crippen LogP contribution < -0.4 is 10.6 Å². The fourth-order valence-corrected chi connectivity index (χ4v) is 2.36. The van der Waals surface area contributed by atoms with Crippen molar-refractivity contribution in [1.29, 1.82) is 0 Å². The van der Waals surface area contributed by atoms with E-state index in [-0.39, 0.29) is 17.1 Å². The summed E-state index contributed by atoms with van der Waals surface area (Å²) in [6, 6.07) is 3.27. The predicted molar refractivity (Wildman–Crippen MR) is 73.9 cm³/mol. The molecule has 0 radical (unpaired) electrons. The zero-order valence-electron chi connectivity index (χ0n) is 11.7. The Hall–Kier alpha value is -2.42. The van der Waals surface area contributed by atoms with E-state index in [0.717, 1.165) is 18.2 Å². The Balaban J connectivity index is 1.71. The van der Waals surface area contributed by atoms with Crippen molar-refractivity contribution in [3.05, 3.63) is 35.9 Å². The Bertz CT molecular complexity index is 726. The SMILES string of the molecule is O=C(Nc1cc(-c2cc(F)cc(F)c2)[nH]n1)C1CC(F)(F)CN1. The van der Waals surface area contributed by atoms with Crippen LogP contribution in [0.5, 0.6) is 0 Å². The molecule has 1 aromatic carbocycles. The number of nitrogens with one attached hydrogen (secondary N) is 3. The number of hydrogen-bond donors (Lipinski definition) is 3. The zero-order chi connectivity index (χ0) is 16.6. The van der Waals surface area contributed by atoms with Crippen LogP contribution in [0.25, 0.3) is 11.3 Å². The van der Waals surface area contributed by atoms with Crippen molar-refractivity contribution in [2.75, 3.05) is 11.9 Å². The minimum absolute atomic E-state index is 0.0756. The number of anilines is 1. The van der Waals surface area contributed by atoms with Gasteiger partial charge >= 0.3 is 0 Å². The predicted octanol–water partition coefficient (Wildman–Crippen LogP) is 2.29. The molecule has 0 saturated carbocycles. The van der Waals surface area contributed by atoms with Gasteiger partial charge in [-0.1, -0.05) is 0 Å². The minimum atomic E-state index is -2.92. The molecule has 3 rings (SSSR count). The first kappa shape index (κ1) is 15.5. The maximum Gasteiger partial charge on any atom is 0.262 e. The fourth-order valence-electron chi connectivity index (χ4n) is 2.36. The van der Waals surface area contributed by atoms with Crippen LogP contribution in [-0.2, 0) is 4.79 Å². The number of hydrogen-bond acceptors (Lipinski definition) is 3. The standard InChI is InChI=1S/C14H12F4N4O/c15-8-1-7(2-9(16)3-8)10-4-12(22-21-10)20-13(23)11-5-14(17,18)6-19-11/h1-4,11,19H,5-6H2,(H2,20,21,22,23). The van der Waals surface area contributed by atoms with Crippen LogP contribution in [0.15, 0.2) is 24.3 Å². The summed E-state index contributed by atoms with van der Waals surface area (Å²) in [5.74, 6) is -5.00. The van der Waals surface area contributed by atoms with E-state index < -0.39 is 42.5 Å². The Morgan fingerprint density at radius 2 is 1.91 bits per heavy atom. The van der Waals surface area contributed by atoms with Crippen LogP contribution in [0.1, 0.15) is 6.42 Å². The highest BCUT2D eigenvalue weighted by Crippen LogP contribution is 2.26. The van der Waals surface area contributed by atoms with Gasteiger partial charge in [0, 0.05) is 24.1 Å². The number of amides is 1. The van der Waals surface area contributed by atoms with Gasteiger partial charge in [-0.15, -0.1) is 0 Å². The summed E-state index contributed by atoms with van der Waals surface area (Å²) in [4.78, 5) is 11.9. The number of nitrogens with zero attached hydrogens (tertiary/aromatic N) is 1. The van der Waals surface area contributed by atoms with Crippen LogP contribution >= 0.6 is 0 Å². The van der Waals surface area contributed by atoms with E-state index >= 15 is 0 Å². The summed E-state index contributed by atoms with van der Waals surface area (Å²) in [6.07, 6.45) is -0.592. The van der Waals surface area contributed by atoms with Crippen LogP contribution in [0.3, 0.4) is 0 Å². The lowest BCUT2D eigenvalue weighted by atomic mass is 10.1. The largest absolute Gasteiger partial charge is 0.308 e. The summed E-state index contributed by atoms with van der Waals surface area (Å²) in [6.45, 7) is -0.556. The molecule has 2 heterocycles. The number of carbonyl (C=O) groups excluding carboxylic acids is 1. The average Bonchev–Trinajstić information content (AvgIpc) is 3.04. The number of halogens is 4. The number of rotatable bonds is 3. The zero-order valence-corrected chi connectivity index (χ0v) is 11.7. The normalized spacial score (nSPS) is 19.7. The van der Waals surface area contributed by atoms with Crippen molar-refractivity contribution < 1.29 is 22.4 Å². The van der Waals surface area contributed by atoms with Gasteiger partial charge in [0.25, 0.3) is 5.92 Å². The molecule has 9 heteroatoms. The molecule has 2 aromatic rings. The molecule has 1 fully saturated rings. The summed E-state index contributed by atoms with van der Waals surface area (Å²) in [7, 11) is 0. The third kappa shape index (κ3) is 3.50. The molecule has 1 aliphatic heterocycles. The molecule has 1 aliphatic rings. The Morgan fingerprint density at radius 3 is 2.52 bits per heavy atom. The maximum absolute atomic E-state index is 13.2. The van der Waals surface area contributed by atoms with Crippen molar-refractivity contribution in [3.63, 3.8) is 0 Å². The van der Waals surface area contributed by atoms with Crippen LogP contribution in [0, 0.1) is 11.6 Å². The Morgan fingerprint density at radius 1 is 1.22 bits per heavy atom. The van der Waals surface area contributed by atoms with E-state index in [9.17, 15) is 22.4 Å². The number of alkyl halides is 2. The molecule has 0 spiro atoms. The summed E-state index contributed by atoms with van der Waals surface area (Å²) < 4.78 is 52.5. The summed E-state index contributed by atoms with van der Waals surface area (Å²) in [5.41, 5.74) is 0.490. The van der Waals surface area contributed by atoms with Gasteiger partial charge in [0.05, 0.1) is 18.3 Å². The van der Waals surface area contributed by atoms with E-state index in [1.54, 1.807) is 0 Å². The topological polar surface area (TPSA) is 69.8 Å². The lowest BCUT2D eigenvalue weighted by Crippen LogP contribution is -2.35. The third-order valence-corrected chi connectivity index (χ3v) is 3.43. The highest BCUT2D eigenvalue weighted by atomic mass is 19.3. The van der Waals surface area contributed by atoms with Gasteiger partial charge < -0.3 is 5.32 Å². The summed E-state index contributed by atoms with van der Waals surface area (Å²) in [5, 5.41) is 11.1. The molecular formula is C14H12F4N4O. The van der Waals surface area contributed by atoms with E-state index in [1.165, 1.54) is 6.07 Å². The molecule has 3 N–H and O–H groups in total. The molecule has 0 bridgehead atoms. The molecule has 0 aliphatic carbocycles. The maximum atomic E-state index is 13.2. The molecule has 23 heavy (non-hydrogen) atoms. The molecular weight excluding hydrogens is 316 g/mol. The number of benzene rings is 1. The average molecular weight is 328 g/mol. The van der Waals surface area contributed by atoms with E-state index in [0.29, 0.717) is 0 Å². The number of aromatic amines is 1. The lowest BCUT2D eigenvalue weighted by Gasteiger charge is -2.09. The first-order valence-electron chi connectivity index (χ1n) is 6.76. The van der Waals surface area contributed by atoms with Gasteiger partial charge in [0.15, 0.2) is 5.82 Å². The van der Waals surface area contributed by atoms with Crippen LogP contribution in [0.4, 0.5) is 23.4 Å². The van der Waals surface area contributed by atoms with Gasteiger partial charge in [-0.25, -0.2) is 17.6 Å². The molecule has 1 atom stereocenters. The molecule has 122 valence electrons. The van der Waals surface area contributed by atoms with Crippen molar-refractivity contribution in [2.45, 2.75) is 18.4 Å². The third-order valence-electron chi connectivity index (χ3n) is 3.43. The smallest absolute Gasteiger partial charge is 0.262 e. The minimum Gasteiger partial charge on any atom is -0.308 e. The van der Waals surface area contributed by atoms with Gasteiger partial charge in [0.2, 0.25) is 5.91 Å². The second-order valence-corrected chi connectivity index (χ2v) is 5.31. The first-order chi connectivity index (χ1) is 10.8. The van der Waals surface area contributed by atoms with Crippen LogP contribution in [-0.4, -0.2) is 34.6 Å². The lowest BCUT2D eigenvalue weighted by molar-refractivity contribution is -0.118. The molecule has 1 unspecified atom stereocenters. The van der Waals surface area contributed by atoms with Crippen molar-refractivity contribution >= 4 is 11.7 Å².